The van der Waals surface area contributed by atoms with E-state index in [1.807, 2.05) is 24.3 Å². The zero-order chi connectivity index (χ0) is 22.9. The van der Waals surface area contributed by atoms with Gasteiger partial charge in [0.25, 0.3) is 0 Å². The second-order valence-electron chi connectivity index (χ2n) is 8.42. The van der Waals surface area contributed by atoms with Crippen molar-refractivity contribution >= 4 is 47.5 Å². The van der Waals surface area contributed by atoms with Gasteiger partial charge < -0.3 is 14.6 Å². The van der Waals surface area contributed by atoms with E-state index in [9.17, 15) is 19.5 Å². The maximum atomic E-state index is 13.1. The Labute approximate surface area is 191 Å². The summed E-state index contributed by atoms with van der Waals surface area (Å²) in [6.45, 7) is 9.63. The molecule has 1 N–H and O–H groups in total. The minimum Gasteiger partial charge on any atom is -0.480 e. The van der Waals surface area contributed by atoms with Crippen molar-refractivity contribution in [2.24, 2.45) is 17.8 Å². The lowest BCUT2D eigenvalue weighted by Gasteiger charge is -2.35. The van der Waals surface area contributed by atoms with Gasteiger partial charge in [-0.3, -0.25) is 14.4 Å². The molecule has 1 aromatic rings. The van der Waals surface area contributed by atoms with Gasteiger partial charge in [0.2, 0.25) is 0 Å². The molecule has 0 amide bonds. The average molecular weight is 465 g/mol. The molecule has 1 aliphatic carbocycles. The van der Waals surface area contributed by atoms with Crippen LogP contribution in [-0.4, -0.2) is 38.0 Å². The number of carboxylic acids is 1. The molecule has 3 rings (SSSR count). The number of esters is 2. The number of fused-ring (bicyclic) bond motifs is 1. The van der Waals surface area contributed by atoms with Crippen molar-refractivity contribution in [1.29, 1.82) is 0 Å². The Hall–Kier alpha value is -1.93. The Balaban J connectivity index is 1.83. The summed E-state index contributed by atoms with van der Waals surface area (Å²) in [6.07, 6.45) is 2.14. The molecule has 0 bridgehead atoms. The molecule has 168 valence electrons. The average Bonchev–Trinajstić information content (AvgIpc) is 3.23. The molecule has 1 aliphatic heterocycles. The number of aliphatic carboxylic acids is 1. The second kappa shape index (κ2) is 9.28. The van der Waals surface area contributed by atoms with E-state index in [1.54, 1.807) is 6.08 Å². The molecule has 0 aromatic heterocycles. The molecule has 1 saturated heterocycles. The van der Waals surface area contributed by atoms with Crippen LogP contribution in [0.25, 0.3) is 6.08 Å². The van der Waals surface area contributed by atoms with Gasteiger partial charge in [0.15, 0.2) is 16.8 Å². The fourth-order valence-corrected chi connectivity index (χ4v) is 7.72. The number of hydrogen-bond acceptors (Lipinski definition) is 7. The number of thioether (sulfide) groups is 2. The monoisotopic (exact) mass is 464 g/mol. The second-order valence-corrected chi connectivity index (χ2v) is 11.4. The molecule has 0 saturated carbocycles. The number of carboxylic acid groups (broad SMARTS) is 1. The number of benzene rings is 1. The molecule has 2 aliphatic rings. The molecule has 3 unspecified atom stereocenters. The van der Waals surface area contributed by atoms with Crippen LogP contribution in [0.1, 0.15) is 45.7 Å². The van der Waals surface area contributed by atoms with Crippen LogP contribution in [0.4, 0.5) is 0 Å². The first-order valence-electron chi connectivity index (χ1n) is 10.3. The quantitative estimate of drug-likeness (QED) is 0.463. The minimum absolute atomic E-state index is 0.214. The van der Waals surface area contributed by atoms with Crippen LogP contribution >= 0.6 is 23.5 Å². The van der Waals surface area contributed by atoms with E-state index in [-0.39, 0.29) is 15.9 Å². The van der Waals surface area contributed by atoms with Gasteiger partial charge >= 0.3 is 17.9 Å². The van der Waals surface area contributed by atoms with Crippen molar-refractivity contribution in [3.05, 3.63) is 41.0 Å². The summed E-state index contributed by atoms with van der Waals surface area (Å²) >= 11 is 2.92. The predicted octanol–water partition coefficient (Wildman–Crippen LogP) is 4.57. The lowest BCUT2D eigenvalue weighted by atomic mass is 9.97. The van der Waals surface area contributed by atoms with Crippen LogP contribution in [0.5, 0.6) is 0 Å². The fraction of sp³-hybridized carbons (Fsp3) is 0.522. The van der Waals surface area contributed by atoms with Gasteiger partial charge in [-0.15, -0.1) is 0 Å². The Morgan fingerprint density at radius 1 is 1.03 bits per heavy atom. The highest BCUT2D eigenvalue weighted by atomic mass is 32.2. The SMILES string of the molecule is CC(=O)OC1SC(C(C)C)(C(C)C)SC1OC(=O)C(C(=O)O)C1=Cc2ccccc2C1. The molecule has 3 atom stereocenters. The number of rotatable bonds is 7. The Kier molecular flexibility index (Phi) is 7.11. The molecule has 31 heavy (non-hydrogen) atoms. The predicted molar refractivity (Wildman–Crippen MR) is 122 cm³/mol. The minimum atomic E-state index is -1.40. The van der Waals surface area contributed by atoms with Gasteiger partial charge in [-0.2, -0.15) is 0 Å². The first-order chi connectivity index (χ1) is 14.5. The highest BCUT2D eigenvalue weighted by molar-refractivity contribution is 8.22. The van der Waals surface area contributed by atoms with Crippen molar-refractivity contribution in [1.82, 2.24) is 0 Å². The molecule has 8 heteroatoms. The Bertz CT molecular complexity index is 899. The van der Waals surface area contributed by atoms with Crippen molar-refractivity contribution in [2.45, 2.75) is 56.0 Å². The number of carbonyl (C=O) groups excluding carboxylic acids is 2. The molecule has 6 nitrogen and oxygen atoms in total. The van der Waals surface area contributed by atoms with E-state index in [2.05, 4.69) is 27.7 Å². The van der Waals surface area contributed by atoms with Crippen molar-refractivity contribution in [3.8, 4) is 0 Å². The summed E-state index contributed by atoms with van der Waals surface area (Å²) < 4.78 is 10.9. The van der Waals surface area contributed by atoms with Crippen LogP contribution in [0, 0.1) is 17.8 Å². The lowest BCUT2D eigenvalue weighted by molar-refractivity contribution is -0.162. The van der Waals surface area contributed by atoms with E-state index in [4.69, 9.17) is 9.47 Å². The van der Waals surface area contributed by atoms with Crippen LogP contribution in [0.3, 0.4) is 0 Å². The van der Waals surface area contributed by atoms with Crippen LogP contribution in [-0.2, 0) is 30.3 Å². The third-order valence-electron chi connectivity index (χ3n) is 5.59. The van der Waals surface area contributed by atoms with Gasteiger partial charge in [-0.05, 0) is 35.0 Å². The third-order valence-corrected chi connectivity index (χ3v) is 10.1. The van der Waals surface area contributed by atoms with Crippen molar-refractivity contribution < 1.29 is 29.0 Å². The number of hydrogen-bond donors (Lipinski definition) is 1. The summed E-state index contributed by atoms with van der Waals surface area (Å²) in [5.41, 5.74) is 0.924. The van der Waals surface area contributed by atoms with E-state index >= 15 is 0 Å². The maximum absolute atomic E-state index is 13.1. The molecule has 0 spiro atoms. The van der Waals surface area contributed by atoms with Gasteiger partial charge in [0.05, 0.1) is 4.08 Å². The fourth-order valence-electron chi connectivity index (χ4n) is 4.12. The van der Waals surface area contributed by atoms with Crippen LogP contribution < -0.4 is 0 Å². The van der Waals surface area contributed by atoms with Crippen molar-refractivity contribution in [3.63, 3.8) is 0 Å². The van der Waals surface area contributed by atoms with Gasteiger partial charge in [-0.25, -0.2) is 0 Å². The topological polar surface area (TPSA) is 89.9 Å². The number of ether oxygens (including phenoxy) is 2. The normalized spacial score (nSPS) is 22.7. The summed E-state index contributed by atoms with van der Waals surface area (Å²) in [6, 6.07) is 7.58. The number of carbonyl (C=O) groups is 3. The van der Waals surface area contributed by atoms with Crippen LogP contribution in [0.2, 0.25) is 0 Å². The van der Waals surface area contributed by atoms with Gasteiger partial charge in [-0.1, -0.05) is 81.6 Å². The van der Waals surface area contributed by atoms with E-state index in [0.717, 1.165) is 11.1 Å². The summed E-state index contributed by atoms with van der Waals surface area (Å²) in [5.74, 6) is -3.51. The van der Waals surface area contributed by atoms with Gasteiger partial charge in [0, 0.05) is 6.92 Å². The van der Waals surface area contributed by atoms with E-state index in [1.165, 1.54) is 30.4 Å². The van der Waals surface area contributed by atoms with Gasteiger partial charge in [0.1, 0.15) is 0 Å². The lowest BCUT2D eigenvalue weighted by Crippen LogP contribution is -2.34. The Morgan fingerprint density at radius 2 is 1.61 bits per heavy atom. The molecule has 1 heterocycles. The molecule has 0 radical (unpaired) electrons. The van der Waals surface area contributed by atoms with Crippen molar-refractivity contribution in [2.75, 3.05) is 0 Å². The Morgan fingerprint density at radius 3 is 2.13 bits per heavy atom. The molecular formula is C23H28O6S2. The maximum Gasteiger partial charge on any atom is 0.325 e. The highest BCUT2D eigenvalue weighted by Crippen LogP contribution is 2.60. The summed E-state index contributed by atoms with van der Waals surface area (Å²) in [7, 11) is 0. The third kappa shape index (κ3) is 4.80. The largest absolute Gasteiger partial charge is 0.480 e. The van der Waals surface area contributed by atoms with E-state index in [0.29, 0.717) is 12.0 Å². The molecule has 1 fully saturated rings. The summed E-state index contributed by atoms with van der Waals surface area (Å²) in [4.78, 5) is 36.7. The smallest absolute Gasteiger partial charge is 0.325 e. The summed E-state index contributed by atoms with van der Waals surface area (Å²) in [5, 5.41) is 9.81. The first-order valence-corrected chi connectivity index (χ1v) is 12.1. The highest BCUT2D eigenvalue weighted by Gasteiger charge is 2.54. The first kappa shape index (κ1) is 23.7. The molecule has 1 aromatic carbocycles. The van der Waals surface area contributed by atoms with E-state index < -0.39 is 34.7 Å². The zero-order valence-electron chi connectivity index (χ0n) is 18.3. The standard InChI is InChI=1S/C23H28O6S2/c1-12(2)23(13(3)4)30-21(28-14(5)24)22(31-23)29-20(27)18(19(25)26)17-10-15-8-6-7-9-16(15)11-17/h6-10,12-13,18,21-22H,11H2,1-5H3,(H,25,26). The zero-order valence-corrected chi connectivity index (χ0v) is 19.9. The molecular weight excluding hydrogens is 436 g/mol. The van der Waals surface area contributed by atoms with Crippen LogP contribution in [0.15, 0.2) is 29.8 Å².